The van der Waals surface area contributed by atoms with E-state index in [0.29, 0.717) is 16.6 Å². The van der Waals surface area contributed by atoms with Crippen molar-refractivity contribution in [2.45, 2.75) is 52.7 Å². The highest BCUT2D eigenvalue weighted by Crippen LogP contribution is 2.25. The van der Waals surface area contributed by atoms with Gasteiger partial charge in [-0.3, -0.25) is 4.79 Å². The van der Waals surface area contributed by atoms with E-state index in [1.54, 1.807) is 38.0 Å². The van der Waals surface area contributed by atoms with Gasteiger partial charge in [-0.25, -0.2) is 14.5 Å². The summed E-state index contributed by atoms with van der Waals surface area (Å²) in [5.41, 5.74) is 1.83. The standard InChI is InChI=1S/C18H26N4O3/c1-10(2)15-8-13(18(24)25-12(5)17(23)21(6)7)14-9-19-22(11(3)4)16(14)20-15/h8-12H,1-7H3/t12-/m1/s1. The van der Waals surface area contributed by atoms with Crippen molar-refractivity contribution in [1.82, 2.24) is 19.7 Å². The van der Waals surface area contributed by atoms with Gasteiger partial charge in [-0.15, -0.1) is 0 Å². The zero-order valence-corrected chi connectivity index (χ0v) is 15.9. The predicted molar refractivity (Wildman–Crippen MR) is 95.6 cm³/mol. The van der Waals surface area contributed by atoms with Crippen LogP contribution in [0.15, 0.2) is 12.3 Å². The van der Waals surface area contributed by atoms with E-state index < -0.39 is 12.1 Å². The quantitative estimate of drug-likeness (QED) is 0.778. The Kier molecular flexibility index (Phi) is 5.45. The molecule has 0 saturated heterocycles. The fourth-order valence-corrected chi connectivity index (χ4v) is 2.52. The van der Waals surface area contributed by atoms with Crippen LogP contribution in [0.5, 0.6) is 0 Å². The molecule has 7 heteroatoms. The second-order valence-corrected chi connectivity index (χ2v) is 6.95. The first-order valence-corrected chi connectivity index (χ1v) is 8.43. The van der Waals surface area contributed by atoms with Crippen LogP contribution in [0, 0.1) is 0 Å². The Hall–Kier alpha value is -2.44. The normalized spacial score (nSPS) is 12.7. The van der Waals surface area contributed by atoms with Gasteiger partial charge in [0.05, 0.1) is 17.1 Å². The molecule has 2 aromatic heterocycles. The molecule has 0 aliphatic carbocycles. The number of hydrogen-bond donors (Lipinski definition) is 0. The minimum absolute atomic E-state index is 0.116. The molecule has 1 amide bonds. The molecule has 2 heterocycles. The number of aromatic nitrogens is 3. The summed E-state index contributed by atoms with van der Waals surface area (Å²) in [5.74, 6) is -0.659. The average molecular weight is 346 g/mol. The van der Waals surface area contributed by atoms with Gasteiger partial charge in [0.2, 0.25) is 0 Å². The summed E-state index contributed by atoms with van der Waals surface area (Å²) in [6.07, 6.45) is 0.773. The molecular weight excluding hydrogens is 320 g/mol. The van der Waals surface area contributed by atoms with Crippen molar-refractivity contribution in [3.63, 3.8) is 0 Å². The Morgan fingerprint density at radius 3 is 2.32 bits per heavy atom. The highest BCUT2D eigenvalue weighted by molar-refractivity contribution is 6.03. The largest absolute Gasteiger partial charge is 0.449 e. The monoisotopic (exact) mass is 346 g/mol. The number of amides is 1. The van der Waals surface area contributed by atoms with Crippen LogP contribution in [0.1, 0.15) is 62.6 Å². The number of carbonyl (C=O) groups excluding carboxylic acids is 2. The molecule has 0 N–H and O–H groups in total. The highest BCUT2D eigenvalue weighted by Gasteiger charge is 2.24. The fourth-order valence-electron chi connectivity index (χ4n) is 2.52. The molecule has 0 aromatic carbocycles. The number of ether oxygens (including phenoxy) is 1. The number of carbonyl (C=O) groups is 2. The van der Waals surface area contributed by atoms with Crippen LogP contribution >= 0.6 is 0 Å². The molecule has 2 rings (SSSR count). The molecule has 0 fully saturated rings. The second-order valence-electron chi connectivity index (χ2n) is 6.95. The second kappa shape index (κ2) is 7.21. The van der Waals surface area contributed by atoms with Gasteiger partial charge in [0.15, 0.2) is 11.8 Å². The highest BCUT2D eigenvalue weighted by atomic mass is 16.5. The topological polar surface area (TPSA) is 77.3 Å². The summed E-state index contributed by atoms with van der Waals surface area (Å²) < 4.78 is 7.16. The number of hydrogen-bond acceptors (Lipinski definition) is 5. The Morgan fingerprint density at radius 1 is 1.16 bits per heavy atom. The molecule has 1 atom stereocenters. The average Bonchev–Trinajstić information content (AvgIpc) is 2.96. The van der Waals surface area contributed by atoms with E-state index in [4.69, 9.17) is 4.74 Å². The van der Waals surface area contributed by atoms with Crippen LogP contribution in [0.2, 0.25) is 0 Å². The maximum atomic E-state index is 12.7. The zero-order chi connectivity index (χ0) is 18.9. The van der Waals surface area contributed by atoms with Crippen LogP contribution in [0.3, 0.4) is 0 Å². The van der Waals surface area contributed by atoms with Crippen LogP contribution in [0.25, 0.3) is 11.0 Å². The molecule has 0 unspecified atom stereocenters. The smallest absolute Gasteiger partial charge is 0.339 e. The fraction of sp³-hybridized carbons (Fsp3) is 0.556. The summed E-state index contributed by atoms with van der Waals surface area (Å²) in [5, 5.41) is 4.98. The van der Waals surface area contributed by atoms with Gasteiger partial charge in [-0.05, 0) is 32.8 Å². The van der Waals surface area contributed by atoms with Crippen LogP contribution in [0.4, 0.5) is 0 Å². The lowest BCUT2D eigenvalue weighted by Crippen LogP contribution is -2.35. The summed E-state index contributed by atoms with van der Waals surface area (Å²) in [6, 6.07) is 1.85. The minimum atomic E-state index is -0.853. The van der Waals surface area contributed by atoms with Crippen molar-refractivity contribution in [2.24, 2.45) is 0 Å². The van der Waals surface area contributed by atoms with Gasteiger partial charge < -0.3 is 9.64 Å². The molecule has 0 saturated carbocycles. The molecule has 7 nitrogen and oxygen atoms in total. The van der Waals surface area contributed by atoms with Crippen LogP contribution < -0.4 is 0 Å². The summed E-state index contributed by atoms with van der Waals surface area (Å²) in [4.78, 5) is 30.7. The zero-order valence-electron chi connectivity index (χ0n) is 15.9. The number of esters is 1. The predicted octanol–water partition coefficient (Wildman–Crippen LogP) is 2.77. The number of likely N-dealkylation sites (N-methyl/N-ethyl adjacent to an activating group) is 1. The third-order valence-electron chi connectivity index (χ3n) is 3.96. The van der Waals surface area contributed by atoms with E-state index in [9.17, 15) is 9.59 Å². The summed E-state index contributed by atoms with van der Waals surface area (Å²) in [6.45, 7) is 9.60. The van der Waals surface area contributed by atoms with E-state index in [-0.39, 0.29) is 17.9 Å². The van der Waals surface area contributed by atoms with Crippen molar-refractivity contribution in [3.05, 3.63) is 23.5 Å². The van der Waals surface area contributed by atoms with Gasteiger partial charge in [0, 0.05) is 25.8 Å². The van der Waals surface area contributed by atoms with Gasteiger partial charge in [0.25, 0.3) is 5.91 Å². The number of pyridine rings is 1. The van der Waals surface area contributed by atoms with Crippen LogP contribution in [-0.4, -0.2) is 51.7 Å². The van der Waals surface area contributed by atoms with Crippen molar-refractivity contribution in [3.8, 4) is 0 Å². The first kappa shape index (κ1) is 18.9. The van der Waals surface area contributed by atoms with E-state index in [1.807, 2.05) is 27.7 Å². The van der Waals surface area contributed by atoms with Crippen molar-refractivity contribution < 1.29 is 14.3 Å². The minimum Gasteiger partial charge on any atom is -0.449 e. The van der Waals surface area contributed by atoms with Crippen molar-refractivity contribution >= 4 is 22.9 Å². The number of fused-ring (bicyclic) bond motifs is 1. The molecule has 0 bridgehead atoms. The number of nitrogens with zero attached hydrogens (tertiary/aromatic N) is 4. The molecule has 0 spiro atoms. The third-order valence-corrected chi connectivity index (χ3v) is 3.96. The first-order valence-electron chi connectivity index (χ1n) is 8.43. The van der Waals surface area contributed by atoms with Gasteiger partial charge in [-0.1, -0.05) is 13.8 Å². The van der Waals surface area contributed by atoms with Crippen molar-refractivity contribution in [2.75, 3.05) is 14.1 Å². The Balaban J connectivity index is 2.49. The van der Waals surface area contributed by atoms with E-state index >= 15 is 0 Å². The molecule has 2 aromatic rings. The van der Waals surface area contributed by atoms with E-state index in [1.165, 1.54) is 4.90 Å². The number of rotatable bonds is 5. The Bertz CT molecular complexity index is 793. The lowest BCUT2D eigenvalue weighted by atomic mass is 10.1. The molecule has 0 radical (unpaired) electrons. The SMILES string of the molecule is CC(C)c1cc(C(=O)O[C@H](C)C(=O)N(C)C)c2cnn(C(C)C)c2n1. The molecule has 136 valence electrons. The molecule has 0 aliphatic rings. The molecule has 0 aliphatic heterocycles. The lowest BCUT2D eigenvalue weighted by molar-refractivity contribution is -0.137. The maximum absolute atomic E-state index is 12.7. The lowest BCUT2D eigenvalue weighted by Gasteiger charge is -2.18. The van der Waals surface area contributed by atoms with Gasteiger partial charge in [-0.2, -0.15) is 5.10 Å². The summed E-state index contributed by atoms with van der Waals surface area (Å²) >= 11 is 0. The van der Waals surface area contributed by atoms with Gasteiger partial charge >= 0.3 is 5.97 Å². The summed E-state index contributed by atoms with van der Waals surface area (Å²) in [7, 11) is 3.25. The molecular formula is C18H26N4O3. The first-order chi connectivity index (χ1) is 11.6. The van der Waals surface area contributed by atoms with Crippen molar-refractivity contribution in [1.29, 1.82) is 0 Å². The maximum Gasteiger partial charge on any atom is 0.339 e. The molecule has 25 heavy (non-hydrogen) atoms. The van der Waals surface area contributed by atoms with E-state index in [2.05, 4.69) is 10.1 Å². The van der Waals surface area contributed by atoms with Crippen LogP contribution in [-0.2, 0) is 9.53 Å². The Labute approximate surface area is 148 Å². The Morgan fingerprint density at radius 2 is 1.80 bits per heavy atom. The third kappa shape index (κ3) is 3.81. The van der Waals surface area contributed by atoms with E-state index in [0.717, 1.165) is 5.69 Å². The van der Waals surface area contributed by atoms with Gasteiger partial charge in [0.1, 0.15) is 0 Å².